The van der Waals surface area contributed by atoms with Crippen LogP contribution in [0.3, 0.4) is 0 Å². The quantitative estimate of drug-likeness (QED) is 0.758. The van der Waals surface area contributed by atoms with Gasteiger partial charge in [0.05, 0.1) is 6.10 Å². The van der Waals surface area contributed by atoms with Gasteiger partial charge in [-0.1, -0.05) is 48.0 Å². The zero-order valence-corrected chi connectivity index (χ0v) is 14.1. The van der Waals surface area contributed by atoms with E-state index in [1.807, 2.05) is 36.4 Å². The monoisotopic (exact) mass is 339 g/mol. The number of methoxy groups -OCH3 is 1. The molecule has 2 aromatic carbocycles. The molecule has 0 atom stereocenters. The van der Waals surface area contributed by atoms with Crippen LogP contribution in [-0.4, -0.2) is 29.5 Å². The topological polar surface area (TPSA) is 47.0 Å². The first kappa shape index (κ1) is 15.4. The van der Waals surface area contributed by atoms with Gasteiger partial charge in [-0.05, 0) is 25.0 Å². The predicted octanol–water partition coefficient (Wildman–Crippen LogP) is 4.54. The van der Waals surface area contributed by atoms with E-state index in [4.69, 9.17) is 16.3 Å². The maximum atomic E-state index is 5.99. The first-order valence-corrected chi connectivity index (χ1v) is 8.43. The van der Waals surface area contributed by atoms with Gasteiger partial charge in [-0.25, -0.2) is 0 Å². The van der Waals surface area contributed by atoms with Crippen molar-refractivity contribution in [1.29, 1.82) is 0 Å². The molecule has 3 aromatic rings. The molecule has 0 radical (unpaired) electrons. The van der Waals surface area contributed by atoms with Crippen LogP contribution in [0.2, 0.25) is 5.02 Å². The lowest BCUT2D eigenvalue weighted by Crippen LogP contribution is -2.40. The van der Waals surface area contributed by atoms with Gasteiger partial charge in [0.1, 0.15) is 5.69 Å². The van der Waals surface area contributed by atoms with E-state index in [-0.39, 0.29) is 0 Å². The number of nitrogens with zero attached hydrogens (tertiary/aromatic N) is 2. The fourth-order valence-corrected chi connectivity index (χ4v) is 3.23. The Morgan fingerprint density at radius 3 is 2.42 bits per heavy atom. The lowest BCUT2D eigenvalue weighted by molar-refractivity contribution is 0.0328. The van der Waals surface area contributed by atoms with Gasteiger partial charge >= 0.3 is 0 Å². The van der Waals surface area contributed by atoms with Crippen molar-refractivity contribution in [2.45, 2.75) is 25.0 Å². The van der Waals surface area contributed by atoms with Crippen LogP contribution in [0, 0.1) is 0 Å². The number of rotatable bonds is 4. The Morgan fingerprint density at radius 2 is 1.71 bits per heavy atom. The van der Waals surface area contributed by atoms with Crippen molar-refractivity contribution >= 4 is 28.2 Å². The van der Waals surface area contributed by atoms with Gasteiger partial charge < -0.3 is 10.1 Å². The minimum atomic E-state index is 0.357. The summed E-state index contributed by atoms with van der Waals surface area (Å²) in [4.78, 5) is 0. The van der Waals surface area contributed by atoms with Gasteiger partial charge in [0, 0.05) is 34.5 Å². The van der Waals surface area contributed by atoms with Gasteiger partial charge in [0.2, 0.25) is 0 Å². The lowest BCUT2D eigenvalue weighted by Gasteiger charge is -2.35. The number of hydrogen-bond acceptors (Lipinski definition) is 4. The SMILES string of the molecule is COC1CC(Nc2nnc(-c3ccc(Cl)cc3)c3ccccc23)C1. The average molecular weight is 340 g/mol. The largest absolute Gasteiger partial charge is 0.381 e. The summed E-state index contributed by atoms with van der Waals surface area (Å²) in [6.07, 6.45) is 2.37. The van der Waals surface area contributed by atoms with Crippen molar-refractivity contribution in [1.82, 2.24) is 10.2 Å². The van der Waals surface area contributed by atoms with Gasteiger partial charge in [-0.15, -0.1) is 10.2 Å². The maximum absolute atomic E-state index is 5.99. The number of benzene rings is 2. The number of halogens is 1. The van der Waals surface area contributed by atoms with Crippen LogP contribution in [-0.2, 0) is 4.74 Å². The molecule has 1 N–H and O–H groups in total. The number of hydrogen-bond donors (Lipinski definition) is 1. The van der Waals surface area contributed by atoms with Crippen LogP contribution in [0.15, 0.2) is 48.5 Å². The third kappa shape index (κ3) is 2.83. The maximum Gasteiger partial charge on any atom is 0.156 e. The second-order valence-corrected chi connectivity index (χ2v) is 6.56. The molecule has 1 saturated carbocycles. The fourth-order valence-electron chi connectivity index (χ4n) is 3.10. The van der Waals surface area contributed by atoms with Crippen molar-refractivity contribution < 1.29 is 4.74 Å². The van der Waals surface area contributed by atoms with Gasteiger partial charge in [0.15, 0.2) is 5.82 Å². The van der Waals surface area contributed by atoms with E-state index in [9.17, 15) is 0 Å². The van der Waals surface area contributed by atoms with Crippen LogP contribution in [0.4, 0.5) is 5.82 Å². The average Bonchev–Trinajstić information content (AvgIpc) is 2.58. The van der Waals surface area contributed by atoms with E-state index in [1.165, 1.54) is 0 Å². The van der Waals surface area contributed by atoms with Crippen molar-refractivity contribution in [3.63, 3.8) is 0 Å². The summed E-state index contributed by atoms with van der Waals surface area (Å²) in [7, 11) is 1.76. The molecule has 0 spiro atoms. The summed E-state index contributed by atoms with van der Waals surface area (Å²) in [6, 6.07) is 16.3. The van der Waals surface area contributed by atoms with E-state index in [0.29, 0.717) is 17.2 Å². The molecule has 1 aliphatic carbocycles. The summed E-state index contributed by atoms with van der Waals surface area (Å²) in [5, 5.41) is 15.3. The first-order valence-electron chi connectivity index (χ1n) is 8.05. The molecule has 1 aromatic heterocycles. The Morgan fingerprint density at radius 1 is 1.00 bits per heavy atom. The minimum Gasteiger partial charge on any atom is -0.381 e. The summed E-state index contributed by atoms with van der Waals surface area (Å²) in [5.74, 6) is 0.836. The predicted molar refractivity (Wildman–Crippen MR) is 97.4 cm³/mol. The molecule has 1 aliphatic rings. The molecule has 0 saturated heterocycles. The molecule has 122 valence electrons. The molecular weight excluding hydrogens is 322 g/mol. The Kier molecular flexibility index (Phi) is 4.08. The Balaban J connectivity index is 1.71. The van der Waals surface area contributed by atoms with Gasteiger partial charge in [0.25, 0.3) is 0 Å². The minimum absolute atomic E-state index is 0.357. The smallest absolute Gasteiger partial charge is 0.156 e. The third-order valence-corrected chi connectivity index (χ3v) is 4.83. The second-order valence-electron chi connectivity index (χ2n) is 6.12. The summed E-state index contributed by atoms with van der Waals surface area (Å²) < 4.78 is 5.34. The van der Waals surface area contributed by atoms with Gasteiger partial charge in [-0.3, -0.25) is 0 Å². The van der Waals surface area contributed by atoms with Crippen LogP contribution < -0.4 is 5.32 Å². The normalized spacial score (nSPS) is 19.9. The van der Waals surface area contributed by atoms with Crippen molar-refractivity contribution in [3.05, 3.63) is 53.6 Å². The van der Waals surface area contributed by atoms with Crippen molar-refractivity contribution in [3.8, 4) is 11.3 Å². The Labute approximate surface area is 145 Å². The lowest BCUT2D eigenvalue weighted by atomic mass is 9.89. The molecule has 0 aliphatic heterocycles. The highest BCUT2D eigenvalue weighted by molar-refractivity contribution is 6.30. The molecule has 1 fully saturated rings. The molecular formula is C19H18ClN3O. The summed E-state index contributed by atoms with van der Waals surface area (Å²) in [5.41, 5.74) is 1.88. The zero-order chi connectivity index (χ0) is 16.5. The zero-order valence-electron chi connectivity index (χ0n) is 13.4. The molecule has 0 unspecified atom stereocenters. The van der Waals surface area contributed by atoms with Crippen molar-refractivity contribution in [2.24, 2.45) is 0 Å². The first-order chi connectivity index (χ1) is 11.7. The van der Waals surface area contributed by atoms with Crippen LogP contribution in [0.5, 0.6) is 0 Å². The molecule has 0 amide bonds. The van der Waals surface area contributed by atoms with Crippen molar-refractivity contribution in [2.75, 3.05) is 12.4 Å². The Hall–Kier alpha value is -2.17. The van der Waals surface area contributed by atoms with E-state index in [2.05, 4.69) is 27.6 Å². The van der Waals surface area contributed by atoms with E-state index < -0.39 is 0 Å². The molecule has 4 nitrogen and oxygen atoms in total. The fraction of sp³-hybridized carbons (Fsp3) is 0.263. The third-order valence-electron chi connectivity index (χ3n) is 4.57. The van der Waals surface area contributed by atoms with E-state index in [0.717, 1.165) is 40.7 Å². The van der Waals surface area contributed by atoms with Crippen LogP contribution in [0.25, 0.3) is 22.0 Å². The Bertz CT molecular complexity index is 860. The van der Waals surface area contributed by atoms with E-state index >= 15 is 0 Å². The van der Waals surface area contributed by atoms with Crippen LogP contribution >= 0.6 is 11.6 Å². The molecule has 4 rings (SSSR count). The van der Waals surface area contributed by atoms with E-state index in [1.54, 1.807) is 7.11 Å². The highest BCUT2D eigenvalue weighted by Crippen LogP contribution is 2.32. The molecule has 5 heteroatoms. The van der Waals surface area contributed by atoms with Crippen LogP contribution in [0.1, 0.15) is 12.8 Å². The number of nitrogens with one attached hydrogen (secondary N) is 1. The summed E-state index contributed by atoms with van der Waals surface area (Å²) in [6.45, 7) is 0. The molecule has 1 heterocycles. The number of ether oxygens (including phenoxy) is 1. The standard InChI is InChI=1S/C19H18ClN3O/c1-24-15-10-14(11-15)21-19-17-5-3-2-4-16(17)18(22-23-19)12-6-8-13(20)9-7-12/h2-9,14-15H,10-11H2,1H3,(H,21,23). The number of fused-ring (bicyclic) bond motifs is 1. The number of aromatic nitrogens is 2. The second kappa shape index (κ2) is 6.38. The van der Waals surface area contributed by atoms with Gasteiger partial charge in [-0.2, -0.15) is 0 Å². The highest BCUT2D eigenvalue weighted by atomic mass is 35.5. The highest BCUT2D eigenvalue weighted by Gasteiger charge is 2.29. The molecule has 24 heavy (non-hydrogen) atoms. The number of anilines is 1. The summed E-state index contributed by atoms with van der Waals surface area (Å²) >= 11 is 5.99. The molecule has 0 bridgehead atoms.